The molecule has 1 N–H and O–H groups in total. The Hall–Kier alpha value is -1.43. The highest BCUT2D eigenvalue weighted by molar-refractivity contribution is 9.10. The molecule has 3 nitrogen and oxygen atoms in total. The average Bonchev–Trinajstić information content (AvgIpc) is 2.85. The van der Waals surface area contributed by atoms with E-state index in [4.69, 9.17) is 4.74 Å². The summed E-state index contributed by atoms with van der Waals surface area (Å²) in [6.07, 6.45) is 3.48. The smallest absolute Gasteiger partial charge is 0.154 e. The first-order valence-electron chi connectivity index (χ1n) is 5.67. The third-order valence-corrected chi connectivity index (χ3v) is 4.24. The largest absolute Gasteiger partial charge is 0.455 e. The summed E-state index contributed by atoms with van der Waals surface area (Å²) >= 11 is 4.91. The summed E-state index contributed by atoms with van der Waals surface area (Å²) in [4.78, 5) is 5.07. The number of aromatic nitrogens is 1. The van der Waals surface area contributed by atoms with Crippen LogP contribution < -0.4 is 4.74 Å². The van der Waals surface area contributed by atoms with Crippen LogP contribution in [0, 0.1) is 0 Å². The van der Waals surface area contributed by atoms with Gasteiger partial charge in [0, 0.05) is 20.9 Å². The number of benzene rings is 1. The monoisotopic (exact) mass is 335 g/mol. The number of thiophene rings is 1. The molecule has 19 heavy (non-hydrogen) atoms. The van der Waals surface area contributed by atoms with Gasteiger partial charge in [-0.15, -0.1) is 11.3 Å². The summed E-state index contributed by atoms with van der Waals surface area (Å²) in [6, 6.07) is 9.58. The van der Waals surface area contributed by atoms with Crippen molar-refractivity contribution in [1.29, 1.82) is 0 Å². The van der Waals surface area contributed by atoms with E-state index >= 15 is 0 Å². The minimum atomic E-state index is 0.0388. The maximum Gasteiger partial charge on any atom is 0.154 e. The molecule has 2 heterocycles. The van der Waals surface area contributed by atoms with E-state index in [1.54, 1.807) is 12.4 Å². The molecule has 96 valence electrons. The number of hydrogen-bond donors (Lipinski definition) is 1. The second-order valence-electron chi connectivity index (χ2n) is 3.98. The Labute approximate surface area is 122 Å². The predicted molar refractivity (Wildman–Crippen MR) is 79.8 cm³/mol. The highest BCUT2D eigenvalue weighted by atomic mass is 79.9. The lowest BCUT2D eigenvalue weighted by Gasteiger charge is -2.06. The summed E-state index contributed by atoms with van der Waals surface area (Å²) in [7, 11) is 0. The van der Waals surface area contributed by atoms with Gasteiger partial charge in [-0.25, -0.2) is 0 Å². The SMILES string of the molecule is OCc1cc2c(Oc3ccc(Br)cc3)cncc2s1. The topological polar surface area (TPSA) is 42.4 Å². The quantitative estimate of drug-likeness (QED) is 0.773. The van der Waals surface area contributed by atoms with Crippen molar-refractivity contribution in [3.63, 3.8) is 0 Å². The minimum absolute atomic E-state index is 0.0388. The molecule has 0 saturated heterocycles. The van der Waals surface area contributed by atoms with Crippen LogP contribution in [0.2, 0.25) is 0 Å². The fourth-order valence-corrected chi connectivity index (χ4v) is 2.95. The van der Waals surface area contributed by atoms with Gasteiger partial charge in [-0.05, 0) is 30.3 Å². The van der Waals surface area contributed by atoms with E-state index in [1.165, 1.54) is 11.3 Å². The zero-order valence-corrected chi connectivity index (χ0v) is 12.2. The van der Waals surface area contributed by atoms with E-state index < -0.39 is 0 Å². The second kappa shape index (κ2) is 5.28. The number of hydrogen-bond acceptors (Lipinski definition) is 4. The highest BCUT2D eigenvalue weighted by Gasteiger charge is 2.08. The molecule has 0 spiro atoms. The van der Waals surface area contributed by atoms with Gasteiger partial charge in [0.25, 0.3) is 0 Å². The lowest BCUT2D eigenvalue weighted by molar-refractivity contribution is 0.285. The number of halogens is 1. The van der Waals surface area contributed by atoms with Crippen molar-refractivity contribution in [3.8, 4) is 11.5 Å². The summed E-state index contributed by atoms with van der Waals surface area (Å²) in [5.74, 6) is 1.46. The maximum atomic E-state index is 9.19. The van der Waals surface area contributed by atoms with Gasteiger partial charge < -0.3 is 9.84 Å². The molecule has 3 aromatic rings. The molecule has 0 saturated carbocycles. The minimum Gasteiger partial charge on any atom is -0.455 e. The third-order valence-electron chi connectivity index (χ3n) is 2.66. The number of rotatable bonds is 3. The van der Waals surface area contributed by atoms with Crippen LogP contribution in [0.15, 0.2) is 47.2 Å². The Balaban J connectivity index is 2.00. The Morgan fingerprint density at radius 3 is 2.74 bits per heavy atom. The standard InChI is InChI=1S/C14H10BrNO2S/c15-9-1-3-10(4-2-9)18-13-6-16-7-14-12(13)5-11(8-17)19-14/h1-7,17H,8H2. The van der Waals surface area contributed by atoms with Crippen molar-refractivity contribution in [2.75, 3.05) is 0 Å². The number of nitrogens with zero attached hydrogens (tertiary/aromatic N) is 1. The molecular weight excluding hydrogens is 326 g/mol. The van der Waals surface area contributed by atoms with Gasteiger partial charge in [0.15, 0.2) is 5.75 Å². The molecule has 2 aromatic heterocycles. The number of aliphatic hydroxyl groups is 1. The van der Waals surface area contributed by atoms with Gasteiger partial charge in [-0.3, -0.25) is 4.98 Å². The van der Waals surface area contributed by atoms with E-state index in [0.717, 1.165) is 25.2 Å². The summed E-state index contributed by atoms with van der Waals surface area (Å²) in [5.41, 5.74) is 0. The first-order valence-corrected chi connectivity index (χ1v) is 7.28. The van der Waals surface area contributed by atoms with Crippen LogP contribution in [0.1, 0.15) is 4.88 Å². The molecule has 1 aromatic carbocycles. The first kappa shape index (κ1) is 12.6. The lowest BCUT2D eigenvalue weighted by Crippen LogP contribution is -1.85. The van der Waals surface area contributed by atoms with E-state index in [1.807, 2.05) is 30.3 Å². The Morgan fingerprint density at radius 1 is 1.21 bits per heavy atom. The Bertz CT molecular complexity index is 709. The van der Waals surface area contributed by atoms with E-state index in [0.29, 0.717) is 5.75 Å². The molecule has 3 rings (SSSR count). The number of fused-ring (bicyclic) bond motifs is 1. The number of ether oxygens (including phenoxy) is 1. The van der Waals surface area contributed by atoms with Crippen molar-refractivity contribution in [3.05, 3.63) is 52.1 Å². The molecule has 0 unspecified atom stereocenters. The Kier molecular flexibility index (Phi) is 3.50. The van der Waals surface area contributed by atoms with Crippen molar-refractivity contribution >= 4 is 37.4 Å². The number of pyridine rings is 1. The Morgan fingerprint density at radius 2 is 2.00 bits per heavy atom. The molecule has 5 heteroatoms. The predicted octanol–water partition coefficient (Wildman–Crippen LogP) is 4.34. The molecule has 0 aliphatic rings. The molecule has 0 radical (unpaired) electrons. The zero-order valence-electron chi connectivity index (χ0n) is 9.84. The van der Waals surface area contributed by atoms with Gasteiger partial charge in [0.1, 0.15) is 5.75 Å². The zero-order chi connectivity index (χ0) is 13.2. The van der Waals surface area contributed by atoms with Gasteiger partial charge in [-0.2, -0.15) is 0 Å². The molecule has 0 aliphatic carbocycles. The second-order valence-corrected chi connectivity index (χ2v) is 6.06. The summed E-state index contributed by atoms with van der Waals surface area (Å²) < 4.78 is 7.87. The third kappa shape index (κ3) is 2.63. The molecule has 0 amide bonds. The van der Waals surface area contributed by atoms with Crippen LogP contribution in [0.25, 0.3) is 10.1 Å². The van der Waals surface area contributed by atoms with Crippen LogP contribution in [0.5, 0.6) is 11.5 Å². The van der Waals surface area contributed by atoms with Gasteiger partial charge in [0.2, 0.25) is 0 Å². The van der Waals surface area contributed by atoms with Gasteiger partial charge in [0.05, 0.1) is 17.5 Å². The van der Waals surface area contributed by atoms with E-state index in [2.05, 4.69) is 20.9 Å². The number of aliphatic hydroxyl groups excluding tert-OH is 1. The van der Waals surface area contributed by atoms with Gasteiger partial charge >= 0.3 is 0 Å². The van der Waals surface area contributed by atoms with Crippen LogP contribution >= 0.6 is 27.3 Å². The van der Waals surface area contributed by atoms with Crippen molar-refractivity contribution in [2.24, 2.45) is 0 Å². The van der Waals surface area contributed by atoms with Crippen molar-refractivity contribution < 1.29 is 9.84 Å². The van der Waals surface area contributed by atoms with E-state index in [9.17, 15) is 5.11 Å². The van der Waals surface area contributed by atoms with Crippen LogP contribution in [-0.4, -0.2) is 10.1 Å². The molecule has 0 fully saturated rings. The molecule has 0 atom stereocenters. The van der Waals surface area contributed by atoms with Crippen molar-refractivity contribution in [2.45, 2.75) is 6.61 Å². The molecule has 0 bridgehead atoms. The van der Waals surface area contributed by atoms with Gasteiger partial charge in [-0.1, -0.05) is 15.9 Å². The van der Waals surface area contributed by atoms with Crippen LogP contribution in [0.4, 0.5) is 0 Å². The molecule has 0 aliphatic heterocycles. The highest BCUT2D eigenvalue weighted by Crippen LogP contribution is 2.34. The normalized spacial score (nSPS) is 10.8. The van der Waals surface area contributed by atoms with Crippen molar-refractivity contribution in [1.82, 2.24) is 4.98 Å². The van der Waals surface area contributed by atoms with E-state index in [-0.39, 0.29) is 6.61 Å². The fourth-order valence-electron chi connectivity index (χ4n) is 1.78. The first-order chi connectivity index (χ1) is 9.26. The fraction of sp³-hybridized carbons (Fsp3) is 0.0714. The maximum absolute atomic E-state index is 9.19. The molecular formula is C14H10BrNO2S. The van der Waals surface area contributed by atoms with Crippen LogP contribution in [0.3, 0.4) is 0 Å². The van der Waals surface area contributed by atoms with Crippen LogP contribution in [-0.2, 0) is 6.61 Å². The average molecular weight is 336 g/mol. The summed E-state index contributed by atoms with van der Waals surface area (Å²) in [5, 5.41) is 10.2. The lowest BCUT2D eigenvalue weighted by atomic mass is 10.3. The summed E-state index contributed by atoms with van der Waals surface area (Å²) in [6.45, 7) is 0.0388.